The number of aryl methyl sites for hydroxylation is 1. The fourth-order valence-electron chi connectivity index (χ4n) is 2.76. The van der Waals surface area contributed by atoms with Gasteiger partial charge >= 0.3 is 5.97 Å². The van der Waals surface area contributed by atoms with Crippen LogP contribution in [0.3, 0.4) is 0 Å². The first-order chi connectivity index (χ1) is 13.0. The van der Waals surface area contributed by atoms with Crippen molar-refractivity contribution in [3.05, 3.63) is 63.6 Å². The summed E-state index contributed by atoms with van der Waals surface area (Å²) < 4.78 is 11.2. The van der Waals surface area contributed by atoms with Gasteiger partial charge in [-0.1, -0.05) is 28.1 Å². The van der Waals surface area contributed by atoms with Gasteiger partial charge in [0.15, 0.2) is 6.61 Å². The lowest BCUT2D eigenvalue weighted by Gasteiger charge is -2.13. The molecule has 2 aromatic rings. The lowest BCUT2D eigenvalue weighted by Crippen LogP contribution is -2.31. The standard InChI is InChI=1S/C20H18BrNO5/c1-13-4-2-5-15(10-13)27-12-18(23)26-9-3-8-22-19(24)16-7-6-14(21)11-17(16)20(22)25/h2,4-7,10-11H,3,8-9,12H2,1H3. The number of ether oxygens (including phenoxy) is 2. The third-order valence-electron chi connectivity index (χ3n) is 4.07. The van der Waals surface area contributed by atoms with Crippen molar-refractivity contribution in [1.29, 1.82) is 0 Å². The fraction of sp³-hybridized carbons (Fsp3) is 0.250. The van der Waals surface area contributed by atoms with E-state index >= 15 is 0 Å². The van der Waals surface area contributed by atoms with E-state index in [9.17, 15) is 14.4 Å². The number of nitrogens with zero attached hydrogens (tertiary/aromatic N) is 1. The number of hydrogen-bond acceptors (Lipinski definition) is 5. The van der Waals surface area contributed by atoms with Gasteiger partial charge in [-0.2, -0.15) is 0 Å². The van der Waals surface area contributed by atoms with E-state index in [1.165, 1.54) is 4.90 Å². The number of rotatable bonds is 7. The molecule has 1 aliphatic rings. The number of fused-ring (bicyclic) bond motifs is 1. The van der Waals surface area contributed by atoms with Gasteiger partial charge in [0, 0.05) is 11.0 Å². The Balaban J connectivity index is 1.42. The number of carbonyl (C=O) groups excluding carboxylic acids is 3. The second-order valence-electron chi connectivity index (χ2n) is 6.13. The summed E-state index contributed by atoms with van der Waals surface area (Å²) in [5, 5.41) is 0. The molecule has 2 amide bonds. The van der Waals surface area contributed by atoms with E-state index in [4.69, 9.17) is 9.47 Å². The molecule has 0 saturated heterocycles. The summed E-state index contributed by atoms with van der Waals surface area (Å²) in [4.78, 5) is 37.5. The maximum absolute atomic E-state index is 12.3. The monoisotopic (exact) mass is 431 g/mol. The molecule has 140 valence electrons. The second-order valence-corrected chi connectivity index (χ2v) is 7.05. The maximum atomic E-state index is 12.3. The molecule has 0 N–H and O–H groups in total. The Kier molecular flexibility index (Phi) is 5.91. The van der Waals surface area contributed by atoms with Crippen molar-refractivity contribution in [2.24, 2.45) is 0 Å². The largest absolute Gasteiger partial charge is 0.482 e. The quantitative estimate of drug-likeness (QED) is 0.381. The average Bonchev–Trinajstić information content (AvgIpc) is 2.87. The van der Waals surface area contributed by atoms with Gasteiger partial charge in [0.1, 0.15) is 5.75 Å². The Hall–Kier alpha value is -2.67. The highest BCUT2D eigenvalue weighted by Gasteiger charge is 2.35. The van der Waals surface area contributed by atoms with Crippen LogP contribution in [-0.4, -0.2) is 42.4 Å². The lowest BCUT2D eigenvalue weighted by molar-refractivity contribution is -0.146. The second kappa shape index (κ2) is 8.35. The first-order valence-electron chi connectivity index (χ1n) is 8.46. The van der Waals surface area contributed by atoms with Crippen LogP contribution in [0.25, 0.3) is 0 Å². The molecule has 0 saturated carbocycles. The summed E-state index contributed by atoms with van der Waals surface area (Å²) in [5.41, 5.74) is 1.82. The summed E-state index contributed by atoms with van der Waals surface area (Å²) in [5.74, 6) is -0.547. The Morgan fingerprint density at radius 2 is 1.85 bits per heavy atom. The molecule has 0 aromatic heterocycles. The molecule has 2 aromatic carbocycles. The van der Waals surface area contributed by atoms with Crippen molar-refractivity contribution in [2.75, 3.05) is 19.8 Å². The highest BCUT2D eigenvalue weighted by atomic mass is 79.9. The van der Waals surface area contributed by atoms with Crippen molar-refractivity contribution in [3.63, 3.8) is 0 Å². The van der Waals surface area contributed by atoms with Crippen LogP contribution >= 0.6 is 15.9 Å². The SMILES string of the molecule is Cc1cccc(OCC(=O)OCCCN2C(=O)c3ccc(Br)cc3C2=O)c1. The summed E-state index contributed by atoms with van der Waals surface area (Å²) in [6.07, 6.45) is 0.364. The highest BCUT2D eigenvalue weighted by molar-refractivity contribution is 9.10. The first kappa shape index (κ1) is 19.1. The molecular formula is C20H18BrNO5. The number of halogens is 1. The number of imide groups is 1. The molecule has 0 aliphatic carbocycles. The van der Waals surface area contributed by atoms with Crippen molar-refractivity contribution in [3.8, 4) is 5.75 Å². The third-order valence-corrected chi connectivity index (χ3v) is 4.56. The summed E-state index contributed by atoms with van der Waals surface area (Å²) >= 11 is 3.30. The normalized spacial score (nSPS) is 12.9. The zero-order valence-corrected chi connectivity index (χ0v) is 16.3. The van der Waals surface area contributed by atoms with E-state index in [-0.39, 0.29) is 31.6 Å². The molecule has 0 radical (unpaired) electrons. The number of esters is 1. The molecule has 7 heteroatoms. The lowest BCUT2D eigenvalue weighted by atomic mass is 10.1. The van der Waals surface area contributed by atoms with Gasteiger partial charge in [0.05, 0.1) is 17.7 Å². The molecule has 1 heterocycles. The predicted octanol–water partition coefficient (Wildman–Crippen LogP) is 3.37. The van der Waals surface area contributed by atoms with Crippen LogP contribution in [0.1, 0.15) is 32.7 Å². The van der Waals surface area contributed by atoms with Gasteiger partial charge in [-0.3, -0.25) is 14.5 Å². The predicted molar refractivity (Wildman–Crippen MR) is 102 cm³/mol. The molecule has 27 heavy (non-hydrogen) atoms. The van der Waals surface area contributed by atoms with E-state index < -0.39 is 5.97 Å². The number of carbonyl (C=O) groups is 3. The molecule has 0 unspecified atom stereocenters. The van der Waals surface area contributed by atoms with E-state index in [1.807, 2.05) is 25.1 Å². The summed E-state index contributed by atoms with van der Waals surface area (Å²) in [6, 6.07) is 12.4. The zero-order chi connectivity index (χ0) is 19.4. The molecule has 1 aliphatic heterocycles. The minimum atomic E-state index is -0.497. The minimum Gasteiger partial charge on any atom is -0.482 e. The molecule has 0 spiro atoms. The Morgan fingerprint density at radius 3 is 2.63 bits per heavy atom. The highest BCUT2D eigenvalue weighted by Crippen LogP contribution is 2.26. The van der Waals surface area contributed by atoms with Crippen LogP contribution in [0.4, 0.5) is 0 Å². The third kappa shape index (κ3) is 4.54. The van der Waals surface area contributed by atoms with Gasteiger partial charge in [0.2, 0.25) is 0 Å². The molecule has 0 fully saturated rings. The average molecular weight is 432 g/mol. The minimum absolute atomic E-state index is 0.104. The summed E-state index contributed by atoms with van der Waals surface area (Å²) in [7, 11) is 0. The molecule has 0 bridgehead atoms. The first-order valence-corrected chi connectivity index (χ1v) is 9.26. The van der Waals surface area contributed by atoms with E-state index in [0.29, 0.717) is 23.3 Å². The van der Waals surface area contributed by atoms with Crippen LogP contribution in [0.15, 0.2) is 46.9 Å². The number of benzene rings is 2. The van der Waals surface area contributed by atoms with Gasteiger partial charge in [-0.25, -0.2) is 4.79 Å². The molecular weight excluding hydrogens is 414 g/mol. The van der Waals surface area contributed by atoms with Crippen LogP contribution < -0.4 is 4.74 Å². The molecule has 6 nitrogen and oxygen atoms in total. The van der Waals surface area contributed by atoms with E-state index in [2.05, 4.69) is 15.9 Å². The Morgan fingerprint density at radius 1 is 1.07 bits per heavy atom. The topological polar surface area (TPSA) is 72.9 Å². The smallest absolute Gasteiger partial charge is 0.344 e. The van der Waals surface area contributed by atoms with E-state index in [1.54, 1.807) is 24.3 Å². The zero-order valence-electron chi connectivity index (χ0n) is 14.7. The number of hydrogen-bond donors (Lipinski definition) is 0. The fourth-order valence-corrected chi connectivity index (χ4v) is 3.12. The Labute approximate surface area is 165 Å². The number of amides is 2. The van der Waals surface area contributed by atoms with E-state index in [0.717, 1.165) is 10.0 Å². The van der Waals surface area contributed by atoms with Gasteiger partial charge in [0.25, 0.3) is 11.8 Å². The molecule has 3 rings (SSSR count). The van der Waals surface area contributed by atoms with Crippen molar-refractivity contribution in [1.82, 2.24) is 4.90 Å². The Bertz CT molecular complexity index is 896. The maximum Gasteiger partial charge on any atom is 0.344 e. The van der Waals surface area contributed by atoms with Crippen LogP contribution in [0.2, 0.25) is 0 Å². The van der Waals surface area contributed by atoms with Crippen LogP contribution in [0.5, 0.6) is 5.75 Å². The van der Waals surface area contributed by atoms with Crippen molar-refractivity contribution in [2.45, 2.75) is 13.3 Å². The van der Waals surface area contributed by atoms with Crippen molar-refractivity contribution >= 4 is 33.7 Å². The van der Waals surface area contributed by atoms with Gasteiger partial charge in [-0.15, -0.1) is 0 Å². The van der Waals surface area contributed by atoms with Crippen LogP contribution in [0, 0.1) is 6.92 Å². The summed E-state index contributed by atoms with van der Waals surface area (Å²) in [6.45, 7) is 2.04. The van der Waals surface area contributed by atoms with Gasteiger partial charge in [-0.05, 0) is 49.2 Å². The van der Waals surface area contributed by atoms with Gasteiger partial charge < -0.3 is 9.47 Å². The van der Waals surface area contributed by atoms with Crippen molar-refractivity contribution < 1.29 is 23.9 Å². The van der Waals surface area contributed by atoms with Crippen LogP contribution in [-0.2, 0) is 9.53 Å². The molecule has 0 atom stereocenters.